The van der Waals surface area contributed by atoms with E-state index in [2.05, 4.69) is 10.3 Å². The second-order valence-corrected chi connectivity index (χ2v) is 4.25. The summed E-state index contributed by atoms with van der Waals surface area (Å²) in [5, 5.41) is 16.5. The molecule has 0 unspecified atom stereocenters. The maximum Gasteiger partial charge on any atom is 0.185 e. The van der Waals surface area contributed by atoms with Crippen LogP contribution in [0.4, 0.5) is 0 Å². The van der Waals surface area contributed by atoms with Crippen LogP contribution >= 0.6 is 0 Å². The van der Waals surface area contributed by atoms with Gasteiger partial charge in [-0.05, 0) is 37.1 Å². The number of ether oxygens (including phenoxy) is 2. The molecule has 104 valence electrons. The van der Waals surface area contributed by atoms with Crippen LogP contribution in [-0.4, -0.2) is 28.7 Å². The van der Waals surface area contributed by atoms with Gasteiger partial charge >= 0.3 is 0 Å². The van der Waals surface area contributed by atoms with Gasteiger partial charge < -0.3 is 9.47 Å². The van der Waals surface area contributed by atoms with Gasteiger partial charge in [-0.15, -0.1) is 5.10 Å². The first kappa shape index (κ1) is 13.9. The third kappa shape index (κ3) is 3.26. The predicted octanol–water partition coefficient (Wildman–Crippen LogP) is 1.71. The van der Waals surface area contributed by atoms with Crippen LogP contribution < -0.4 is 9.47 Å². The van der Waals surface area contributed by atoms with Crippen LogP contribution in [0.1, 0.15) is 17.8 Å². The molecule has 0 N–H and O–H groups in total. The maximum atomic E-state index is 8.91. The number of nitrogens with zero attached hydrogens (tertiary/aromatic N) is 4. The van der Waals surface area contributed by atoms with Crippen molar-refractivity contribution in [2.24, 2.45) is 7.05 Å². The SMILES string of the molecule is COc1ccc(OCCCc2c(C#N)nnn2C)cc1. The van der Waals surface area contributed by atoms with Gasteiger partial charge in [0.2, 0.25) is 0 Å². The summed E-state index contributed by atoms with van der Waals surface area (Å²) in [6, 6.07) is 9.48. The number of aromatic nitrogens is 3. The first-order valence-electron chi connectivity index (χ1n) is 6.30. The van der Waals surface area contributed by atoms with E-state index in [0.717, 1.165) is 23.6 Å². The lowest BCUT2D eigenvalue weighted by Gasteiger charge is -2.07. The number of hydrogen-bond acceptors (Lipinski definition) is 5. The Hall–Kier alpha value is -2.55. The molecule has 0 fully saturated rings. The Bertz CT molecular complexity index is 599. The molecule has 6 heteroatoms. The molecule has 0 aliphatic carbocycles. The first-order chi connectivity index (χ1) is 9.74. The maximum absolute atomic E-state index is 8.91. The summed E-state index contributed by atoms with van der Waals surface area (Å²) in [5.41, 5.74) is 1.22. The molecule has 1 heterocycles. The molecule has 1 aromatic heterocycles. The molecule has 1 aromatic carbocycles. The number of rotatable bonds is 6. The molecule has 0 atom stereocenters. The van der Waals surface area contributed by atoms with Crippen LogP contribution in [0.2, 0.25) is 0 Å². The standard InChI is InChI=1S/C14H16N4O2/c1-18-14(13(10-15)16-17-18)4-3-9-20-12-7-5-11(19-2)6-8-12/h5-8H,3-4,9H2,1-2H3. The molecule has 0 bridgehead atoms. The van der Waals surface area contributed by atoms with E-state index in [1.165, 1.54) is 0 Å². The van der Waals surface area contributed by atoms with Gasteiger partial charge in [-0.1, -0.05) is 5.21 Å². The molecule has 0 spiro atoms. The summed E-state index contributed by atoms with van der Waals surface area (Å²) < 4.78 is 12.3. The minimum absolute atomic E-state index is 0.386. The van der Waals surface area contributed by atoms with Gasteiger partial charge in [-0.2, -0.15) is 5.26 Å². The van der Waals surface area contributed by atoms with Crippen LogP contribution in [-0.2, 0) is 13.5 Å². The van der Waals surface area contributed by atoms with Gasteiger partial charge in [0.1, 0.15) is 17.6 Å². The van der Waals surface area contributed by atoms with Gasteiger partial charge in [0.05, 0.1) is 19.4 Å². The van der Waals surface area contributed by atoms with Crippen molar-refractivity contribution in [3.63, 3.8) is 0 Å². The zero-order valence-electron chi connectivity index (χ0n) is 11.5. The Kier molecular flexibility index (Phi) is 4.56. The molecule has 0 amide bonds. The van der Waals surface area contributed by atoms with E-state index >= 15 is 0 Å². The molecule has 0 saturated carbocycles. The zero-order chi connectivity index (χ0) is 14.4. The van der Waals surface area contributed by atoms with E-state index in [4.69, 9.17) is 14.7 Å². The molecule has 0 aliphatic rings. The highest BCUT2D eigenvalue weighted by molar-refractivity contribution is 5.31. The topological polar surface area (TPSA) is 73.0 Å². The molecule has 0 saturated heterocycles. The summed E-state index contributed by atoms with van der Waals surface area (Å²) in [6.45, 7) is 0.572. The number of hydrogen-bond donors (Lipinski definition) is 0. The van der Waals surface area contributed by atoms with Crippen LogP contribution in [0.5, 0.6) is 11.5 Å². The van der Waals surface area contributed by atoms with E-state index in [-0.39, 0.29) is 0 Å². The predicted molar refractivity (Wildman–Crippen MR) is 72.5 cm³/mol. The lowest BCUT2D eigenvalue weighted by molar-refractivity contribution is 0.309. The lowest BCUT2D eigenvalue weighted by Crippen LogP contribution is -2.04. The van der Waals surface area contributed by atoms with Crippen LogP contribution in [0.15, 0.2) is 24.3 Å². The van der Waals surface area contributed by atoms with Crippen molar-refractivity contribution >= 4 is 0 Å². The van der Waals surface area contributed by atoms with Gasteiger partial charge in [0, 0.05) is 7.05 Å². The highest BCUT2D eigenvalue weighted by atomic mass is 16.5. The van der Waals surface area contributed by atoms with Gasteiger partial charge in [-0.3, -0.25) is 4.68 Å². The molecular formula is C14H16N4O2. The van der Waals surface area contributed by atoms with Crippen molar-refractivity contribution in [2.75, 3.05) is 13.7 Å². The third-order valence-corrected chi connectivity index (χ3v) is 2.93. The van der Waals surface area contributed by atoms with Crippen molar-refractivity contribution in [1.29, 1.82) is 5.26 Å². The van der Waals surface area contributed by atoms with E-state index < -0.39 is 0 Å². The Labute approximate surface area is 117 Å². The Morgan fingerprint density at radius 3 is 2.60 bits per heavy atom. The molecule has 0 aliphatic heterocycles. The Balaban J connectivity index is 1.81. The van der Waals surface area contributed by atoms with Gasteiger partial charge in [0.15, 0.2) is 5.69 Å². The van der Waals surface area contributed by atoms with E-state index in [1.54, 1.807) is 18.8 Å². The quantitative estimate of drug-likeness (QED) is 0.748. The molecule has 0 radical (unpaired) electrons. The number of methoxy groups -OCH3 is 1. The lowest BCUT2D eigenvalue weighted by atomic mass is 10.2. The second kappa shape index (κ2) is 6.57. The normalized spacial score (nSPS) is 10.1. The van der Waals surface area contributed by atoms with E-state index in [9.17, 15) is 0 Å². The summed E-state index contributed by atoms with van der Waals surface area (Å²) in [4.78, 5) is 0. The Morgan fingerprint density at radius 1 is 1.25 bits per heavy atom. The van der Waals surface area contributed by atoms with Crippen molar-refractivity contribution in [3.8, 4) is 17.6 Å². The molecule has 20 heavy (non-hydrogen) atoms. The fraction of sp³-hybridized carbons (Fsp3) is 0.357. The van der Waals surface area contributed by atoms with Crippen molar-refractivity contribution < 1.29 is 9.47 Å². The highest BCUT2D eigenvalue weighted by Crippen LogP contribution is 2.17. The van der Waals surface area contributed by atoms with Crippen molar-refractivity contribution in [3.05, 3.63) is 35.7 Å². The number of nitriles is 1. The zero-order valence-corrected chi connectivity index (χ0v) is 11.5. The van der Waals surface area contributed by atoms with Crippen LogP contribution in [0.3, 0.4) is 0 Å². The van der Waals surface area contributed by atoms with Crippen LogP contribution in [0, 0.1) is 11.3 Å². The van der Waals surface area contributed by atoms with Crippen LogP contribution in [0.25, 0.3) is 0 Å². The van der Waals surface area contributed by atoms with Gasteiger partial charge in [-0.25, -0.2) is 0 Å². The van der Waals surface area contributed by atoms with E-state index in [1.807, 2.05) is 30.3 Å². The van der Waals surface area contributed by atoms with Gasteiger partial charge in [0.25, 0.3) is 0 Å². The largest absolute Gasteiger partial charge is 0.497 e. The fourth-order valence-electron chi connectivity index (χ4n) is 1.85. The summed E-state index contributed by atoms with van der Waals surface area (Å²) in [7, 11) is 3.41. The number of benzene rings is 1. The average Bonchev–Trinajstić information content (AvgIpc) is 2.84. The summed E-state index contributed by atoms with van der Waals surface area (Å²) in [6.07, 6.45) is 1.50. The third-order valence-electron chi connectivity index (χ3n) is 2.93. The monoisotopic (exact) mass is 272 g/mol. The van der Waals surface area contributed by atoms with Crippen molar-refractivity contribution in [2.45, 2.75) is 12.8 Å². The van der Waals surface area contributed by atoms with Crippen molar-refractivity contribution in [1.82, 2.24) is 15.0 Å². The average molecular weight is 272 g/mol. The minimum atomic E-state index is 0.386. The number of aryl methyl sites for hydroxylation is 1. The first-order valence-corrected chi connectivity index (χ1v) is 6.30. The molecule has 2 rings (SSSR count). The molecular weight excluding hydrogens is 256 g/mol. The minimum Gasteiger partial charge on any atom is -0.497 e. The second-order valence-electron chi connectivity index (χ2n) is 4.25. The van der Waals surface area contributed by atoms with E-state index in [0.29, 0.717) is 18.7 Å². The molecule has 6 nitrogen and oxygen atoms in total. The smallest absolute Gasteiger partial charge is 0.185 e. The fourth-order valence-corrected chi connectivity index (χ4v) is 1.85. The highest BCUT2D eigenvalue weighted by Gasteiger charge is 2.09. The summed E-state index contributed by atoms with van der Waals surface area (Å²) >= 11 is 0. The Morgan fingerprint density at radius 2 is 1.95 bits per heavy atom. The molecule has 2 aromatic rings. The summed E-state index contributed by atoms with van der Waals surface area (Å²) in [5.74, 6) is 1.60.